The minimum Gasteiger partial charge on any atom is -0.490 e. The van der Waals surface area contributed by atoms with Crippen LogP contribution in [0.4, 0.5) is 0 Å². The maximum Gasteiger partial charge on any atom is 0.166 e. The number of rotatable bonds is 9. The van der Waals surface area contributed by atoms with Crippen molar-refractivity contribution in [2.24, 2.45) is 0 Å². The highest BCUT2D eigenvalue weighted by molar-refractivity contribution is 5.46. The molecule has 0 aromatic heterocycles. The maximum atomic E-state index is 9.30. The lowest BCUT2D eigenvalue weighted by Crippen LogP contribution is -2.04. The molecule has 4 nitrogen and oxygen atoms in total. The summed E-state index contributed by atoms with van der Waals surface area (Å²) in [5, 5.41) is 9.30. The van der Waals surface area contributed by atoms with Crippen molar-refractivity contribution in [3.8, 4) is 11.5 Å². The summed E-state index contributed by atoms with van der Waals surface area (Å²) in [5.41, 5.74) is 0.757. The van der Waals surface area contributed by atoms with Gasteiger partial charge in [0.25, 0.3) is 0 Å². The Hall–Kier alpha value is -1.26. The monoisotopic (exact) mass is 254 g/mol. The molecular formula is C14H22O4. The van der Waals surface area contributed by atoms with Gasteiger partial charge in [0.2, 0.25) is 0 Å². The predicted octanol–water partition coefficient (Wildman–Crippen LogP) is 2.38. The second-order valence-electron chi connectivity index (χ2n) is 3.88. The first-order chi connectivity index (χ1) is 8.83. The van der Waals surface area contributed by atoms with Crippen LogP contribution in [-0.4, -0.2) is 32.0 Å². The molecule has 0 unspecified atom stereocenters. The third-order valence-corrected chi connectivity index (χ3v) is 2.52. The van der Waals surface area contributed by atoms with Crippen molar-refractivity contribution >= 4 is 0 Å². The third-order valence-electron chi connectivity index (χ3n) is 2.52. The van der Waals surface area contributed by atoms with Gasteiger partial charge in [0.05, 0.1) is 19.8 Å². The zero-order valence-electron chi connectivity index (χ0n) is 11.1. The van der Waals surface area contributed by atoms with E-state index in [4.69, 9.17) is 14.2 Å². The lowest BCUT2D eigenvalue weighted by Gasteiger charge is -2.14. The SMILES string of the molecule is CCOc1cccc(CO)c1OCCCCOC. The van der Waals surface area contributed by atoms with Gasteiger partial charge in [0, 0.05) is 19.3 Å². The minimum absolute atomic E-state index is 0.0473. The van der Waals surface area contributed by atoms with Gasteiger partial charge in [-0.15, -0.1) is 0 Å². The first-order valence-corrected chi connectivity index (χ1v) is 6.30. The molecule has 1 aromatic rings. The Bertz CT molecular complexity index is 339. The fourth-order valence-corrected chi connectivity index (χ4v) is 1.64. The normalized spacial score (nSPS) is 10.4. The summed E-state index contributed by atoms with van der Waals surface area (Å²) in [6.07, 6.45) is 1.88. The fraction of sp³-hybridized carbons (Fsp3) is 0.571. The lowest BCUT2D eigenvalue weighted by molar-refractivity contribution is 0.182. The number of hydrogen-bond acceptors (Lipinski definition) is 4. The van der Waals surface area contributed by atoms with Crippen molar-refractivity contribution in [2.75, 3.05) is 26.9 Å². The third kappa shape index (κ3) is 4.55. The van der Waals surface area contributed by atoms with Gasteiger partial charge in [-0.3, -0.25) is 0 Å². The number of hydrogen-bond donors (Lipinski definition) is 1. The molecule has 102 valence electrons. The van der Waals surface area contributed by atoms with Crippen LogP contribution in [-0.2, 0) is 11.3 Å². The lowest BCUT2D eigenvalue weighted by atomic mass is 10.2. The van der Waals surface area contributed by atoms with Crippen LogP contribution < -0.4 is 9.47 Å². The first-order valence-electron chi connectivity index (χ1n) is 6.30. The largest absolute Gasteiger partial charge is 0.490 e. The van der Waals surface area contributed by atoms with Gasteiger partial charge >= 0.3 is 0 Å². The van der Waals surface area contributed by atoms with Crippen molar-refractivity contribution in [1.29, 1.82) is 0 Å². The highest BCUT2D eigenvalue weighted by Gasteiger charge is 2.10. The summed E-state index contributed by atoms with van der Waals surface area (Å²) in [6.45, 7) is 3.79. The summed E-state index contributed by atoms with van der Waals surface area (Å²) in [7, 11) is 1.69. The number of para-hydroxylation sites is 1. The Kier molecular flexibility index (Phi) is 7.22. The number of methoxy groups -OCH3 is 1. The number of aliphatic hydroxyl groups is 1. The zero-order valence-corrected chi connectivity index (χ0v) is 11.1. The minimum atomic E-state index is -0.0473. The van der Waals surface area contributed by atoms with E-state index < -0.39 is 0 Å². The van der Waals surface area contributed by atoms with Crippen molar-refractivity contribution in [1.82, 2.24) is 0 Å². The second-order valence-corrected chi connectivity index (χ2v) is 3.88. The summed E-state index contributed by atoms with van der Waals surface area (Å²) < 4.78 is 16.2. The molecule has 0 aliphatic rings. The average Bonchev–Trinajstić information content (AvgIpc) is 2.40. The molecule has 0 heterocycles. The summed E-state index contributed by atoms with van der Waals surface area (Å²) >= 11 is 0. The topological polar surface area (TPSA) is 47.9 Å². The Morgan fingerprint density at radius 3 is 2.56 bits per heavy atom. The van der Waals surface area contributed by atoms with E-state index in [2.05, 4.69) is 0 Å². The van der Waals surface area contributed by atoms with Crippen LogP contribution in [0.25, 0.3) is 0 Å². The van der Waals surface area contributed by atoms with Gasteiger partial charge in [-0.2, -0.15) is 0 Å². The second kappa shape index (κ2) is 8.78. The Labute approximate surface area is 108 Å². The average molecular weight is 254 g/mol. The van der Waals surface area contributed by atoms with Crippen LogP contribution in [0.15, 0.2) is 18.2 Å². The van der Waals surface area contributed by atoms with E-state index in [0.29, 0.717) is 24.7 Å². The van der Waals surface area contributed by atoms with Crippen molar-refractivity contribution in [3.63, 3.8) is 0 Å². The van der Waals surface area contributed by atoms with Gasteiger partial charge < -0.3 is 19.3 Å². The van der Waals surface area contributed by atoms with E-state index in [-0.39, 0.29) is 6.61 Å². The Balaban J connectivity index is 2.60. The summed E-state index contributed by atoms with van der Waals surface area (Å²) in [6, 6.07) is 5.55. The molecule has 1 N–H and O–H groups in total. The van der Waals surface area contributed by atoms with Gasteiger partial charge in [-0.05, 0) is 25.8 Å². The highest BCUT2D eigenvalue weighted by Crippen LogP contribution is 2.31. The van der Waals surface area contributed by atoms with Crippen LogP contribution in [0.3, 0.4) is 0 Å². The van der Waals surface area contributed by atoms with E-state index in [1.54, 1.807) is 7.11 Å². The Morgan fingerprint density at radius 2 is 1.89 bits per heavy atom. The first kappa shape index (κ1) is 14.8. The highest BCUT2D eigenvalue weighted by atomic mass is 16.5. The van der Waals surface area contributed by atoms with Crippen LogP contribution in [0.2, 0.25) is 0 Å². The molecule has 0 aliphatic carbocycles. The van der Waals surface area contributed by atoms with Crippen molar-refractivity contribution < 1.29 is 19.3 Å². The molecule has 0 fully saturated rings. The molecule has 1 aromatic carbocycles. The molecule has 1 rings (SSSR count). The van der Waals surface area contributed by atoms with E-state index in [1.807, 2.05) is 25.1 Å². The molecule has 0 spiro atoms. The summed E-state index contributed by atoms with van der Waals surface area (Å²) in [4.78, 5) is 0. The van der Waals surface area contributed by atoms with E-state index in [1.165, 1.54) is 0 Å². The fourth-order valence-electron chi connectivity index (χ4n) is 1.64. The smallest absolute Gasteiger partial charge is 0.166 e. The number of ether oxygens (including phenoxy) is 3. The predicted molar refractivity (Wildman–Crippen MR) is 70.1 cm³/mol. The van der Waals surface area contributed by atoms with Crippen LogP contribution in [0.5, 0.6) is 11.5 Å². The standard InChI is InChI=1S/C14H22O4/c1-3-17-13-8-6-7-12(11-15)14(13)18-10-5-4-9-16-2/h6-8,15H,3-5,9-11H2,1-2H3. The molecule has 18 heavy (non-hydrogen) atoms. The number of unbranched alkanes of at least 4 members (excludes halogenated alkanes) is 1. The molecule has 0 atom stereocenters. The van der Waals surface area contributed by atoms with Crippen LogP contribution in [0, 0.1) is 0 Å². The van der Waals surface area contributed by atoms with Gasteiger partial charge in [-0.1, -0.05) is 12.1 Å². The molecule has 0 radical (unpaired) electrons. The van der Waals surface area contributed by atoms with E-state index >= 15 is 0 Å². The summed E-state index contributed by atoms with van der Waals surface area (Å²) in [5.74, 6) is 1.34. The number of benzene rings is 1. The van der Waals surface area contributed by atoms with Gasteiger partial charge in [0.1, 0.15) is 0 Å². The molecule has 4 heteroatoms. The van der Waals surface area contributed by atoms with Crippen LogP contribution in [0.1, 0.15) is 25.3 Å². The van der Waals surface area contributed by atoms with Crippen LogP contribution >= 0.6 is 0 Å². The molecule has 0 amide bonds. The molecule has 0 saturated heterocycles. The zero-order chi connectivity index (χ0) is 13.2. The quantitative estimate of drug-likeness (QED) is 0.687. The van der Waals surface area contributed by atoms with E-state index in [0.717, 1.165) is 25.0 Å². The molecule has 0 aliphatic heterocycles. The molecular weight excluding hydrogens is 232 g/mol. The van der Waals surface area contributed by atoms with Crippen molar-refractivity contribution in [2.45, 2.75) is 26.4 Å². The molecule has 0 bridgehead atoms. The van der Waals surface area contributed by atoms with E-state index in [9.17, 15) is 5.11 Å². The Morgan fingerprint density at radius 1 is 1.11 bits per heavy atom. The maximum absolute atomic E-state index is 9.30. The van der Waals surface area contributed by atoms with Crippen molar-refractivity contribution in [3.05, 3.63) is 23.8 Å². The molecule has 0 saturated carbocycles. The number of aliphatic hydroxyl groups excluding tert-OH is 1. The van der Waals surface area contributed by atoms with Gasteiger partial charge in [-0.25, -0.2) is 0 Å². The van der Waals surface area contributed by atoms with Gasteiger partial charge in [0.15, 0.2) is 11.5 Å².